The van der Waals surface area contributed by atoms with Crippen LogP contribution in [0.1, 0.15) is 23.2 Å². The molecule has 3 rings (SSSR count). The molecule has 0 spiro atoms. The van der Waals surface area contributed by atoms with E-state index in [2.05, 4.69) is 23.2 Å². The summed E-state index contributed by atoms with van der Waals surface area (Å²) in [6, 6.07) is 10.5. The fraction of sp³-hybridized carbons (Fsp3) is 0.267. The normalized spacial score (nSPS) is 13.7. The highest BCUT2D eigenvalue weighted by atomic mass is 16.3. The third kappa shape index (κ3) is 1.85. The molecular formula is C15H15NO. The lowest BCUT2D eigenvalue weighted by Crippen LogP contribution is -1.92. The van der Waals surface area contributed by atoms with Crippen LogP contribution in [0.25, 0.3) is 11.1 Å². The monoisotopic (exact) mass is 225 g/mol. The smallest absolute Gasteiger partial charge is 0.0852 e. The van der Waals surface area contributed by atoms with Crippen LogP contribution in [-0.2, 0) is 19.4 Å². The molecule has 0 unspecified atom stereocenters. The van der Waals surface area contributed by atoms with Crippen LogP contribution >= 0.6 is 0 Å². The number of rotatable bonds is 2. The van der Waals surface area contributed by atoms with E-state index >= 15 is 0 Å². The van der Waals surface area contributed by atoms with Crippen molar-refractivity contribution in [2.45, 2.75) is 25.9 Å². The van der Waals surface area contributed by atoms with E-state index in [4.69, 9.17) is 5.11 Å². The van der Waals surface area contributed by atoms with Crippen molar-refractivity contribution < 1.29 is 5.11 Å². The van der Waals surface area contributed by atoms with Crippen molar-refractivity contribution in [1.29, 1.82) is 0 Å². The largest absolute Gasteiger partial charge is 0.390 e. The standard InChI is InChI=1S/C15H15NO/c17-10-13-8-7-12(9-16-13)15-6-2-4-11-3-1-5-14(11)15/h2,4,6-9,17H,1,3,5,10H2. The molecule has 1 heterocycles. The van der Waals surface area contributed by atoms with Crippen LogP contribution in [-0.4, -0.2) is 10.1 Å². The van der Waals surface area contributed by atoms with Crippen molar-refractivity contribution in [2.24, 2.45) is 0 Å². The topological polar surface area (TPSA) is 33.1 Å². The lowest BCUT2D eigenvalue weighted by atomic mass is 9.98. The molecule has 0 fully saturated rings. The maximum atomic E-state index is 8.99. The molecule has 0 atom stereocenters. The van der Waals surface area contributed by atoms with Gasteiger partial charge in [-0.15, -0.1) is 0 Å². The summed E-state index contributed by atoms with van der Waals surface area (Å²) >= 11 is 0. The van der Waals surface area contributed by atoms with Gasteiger partial charge in [0.2, 0.25) is 0 Å². The Hall–Kier alpha value is -1.67. The second-order valence-electron chi connectivity index (χ2n) is 4.49. The molecule has 0 amide bonds. The van der Waals surface area contributed by atoms with E-state index < -0.39 is 0 Å². The first-order chi connectivity index (χ1) is 8.38. The third-order valence-corrected chi connectivity index (χ3v) is 3.44. The van der Waals surface area contributed by atoms with Gasteiger partial charge in [0.1, 0.15) is 0 Å². The van der Waals surface area contributed by atoms with E-state index in [-0.39, 0.29) is 6.61 Å². The average molecular weight is 225 g/mol. The summed E-state index contributed by atoms with van der Waals surface area (Å²) in [5.41, 5.74) is 6.14. The number of aliphatic hydroxyl groups is 1. The first kappa shape index (κ1) is 10.5. The molecule has 1 N–H and O–H groups in total. The van der Waals surface area contributed by atoms with Crippen molar-refractivity contribution in [1.82, 2.24) is 4.98 Å². The van der Waals surface area contributed by atoms with Crippen molar-refractivity contribution >= 4 is 0 Å². The van der Waals surface area contributed by atoms with Crippen LogP contribution in [0.5, 0.6) is 0 Å². The minimum atomic E-state index is 0.00712. The van der Waals surface area contributed by atoms with Crippen molar-refractivity contribution in [3.63, 3.8) is 0 Å². The Kier molecular flexibility index (Phi) is 2.65. The van der Waals surface area contributed by atoms with Crippen molar-refractivity contribution in [3.05, 3.63) is 53.3 Å². The van der Waals surface area contributed by atoms with Crippen LogP contribution in [0, 0.1) is 0 Å². The van der Waals surface area contributed by atoms with Crippen LogP contribution < -0.4 is 0 Å². The van der Waals surface area contributed by atoms with Gasteiger partial charge in [0.15, 0.2) is 0 Å². The fourth-order valence-corrected chi connectivity index (χ4v) is 2.57. The number of aryl methyl sites for hydroxylation is 1. The van der Waals surface area contributed by atoms with Gasteiger partial charge in [0.25, 0.3) is 0 Å². The van der Waals surface area contributed by atoms with E-state index in [0.717, 1.165) is 11.3 Å². The minimum absolute atomic E-state index is 0.00712. The van der Waals surface area contributed by atoms with Gasteiger partial charge in [-0.2, -0.15) is 0 Å². The van der Waals surface area contributed by atoms with Gasteiger partial charge in [-0.05, 0) is 42.0 Å². The molecule has 1 aromatic heterocycles. The summed E-state index contributed by atoms with van der Waals surface area (Å²) in [6.07, 6.45) is 5.49. The zero-order valence-corrected chi connectivity index (χ0v) is 9.69. The molecule has 2 aromatic rings. The van der Waals surface area contributed by atoms with Gasteiger partial charge in [0, 0.05) is 11.8 Å². The highest BCUT2D eigenvalue weighted by Crippen LogP contribution is 2.31. The van der Waals surface area contributed by atoms with E-state index in [9.17, 15) is 0 Å². The van der Waals surface area contributed by atoms with Gasteiger partial charge in [-0.1, -0.05) is 24.3 Å². The summed E-state index contributed by atoms with van der Waals surface area (Å²) in [5, 5.41) is 8.99. The number of aliphatic hydroxyl groups excluding tert-OH is 1. The Morgan fingerprint density at radius 3 is 2.82 bits per heavy atom. The minimum Gasteiger partial charge on any atom is -0.390 e. The van der Waals surface area contributed by atoms with Crippen LogP contribution in [0.15, 0.2) is 36.5 Å². The first-order valence-corrected chi connectivity index (χ1v) is 6.05. The van der Waals surface area contributed by atoms with Gasteiger partial charge in [-0.3, -0.25) is 4.98 Å². The van der Waals surface area contributed by atoms with Gasteiger partial charge < -0.3 is 5.11 Å². The lowest BCUT2D eigenvalue weighted by Gasteiger charge is -2.08. The van der Waals surface area contributed by atoms with E-state index in [1.54, 1.807) is 0 Å². The van der Waals surface area contributed by atoms with Crippen molar-refractivity contribution in [3.8, 4) is 11.1 Å². The molecule has 1 aliphatic carbocycles. The average Bonchev–Trinajstić information content (AvgIpc) is 2.87. The second kappa shape index (κ2) is 4.30. The first-order valence-electron chi connectivity index (χ1n) is 6.05. The molecule has 86 valence electrons. The molecule has 0 saturated carbocycles. The Morgan fingerprint density at radius 1 is 1.12 bits per heavy atom. The number of hydrogen-bond donors (Lipinski definition) is 1. The van der Waals surface area contributed by atoms with Gasteiger partial charge >= 0.3 is 0 Å². The number of nitrogens with zero attached hydrogens (tertiary/aromatic N) is 1. The highest BCUT2D eigenvalue weighted by Gasteiger charge is 2.15. The van der Waals surface area contributed by atoms with Crippen LogP contribution in [0.4, 0.5) is 0 Å². The maximum Gasteiger partial charge on any atom is 0.0852 e. The molecular weight excluding hydrogens is 210 g/mol. The van der Waals surface area contributed by atoms with Crippen LogP contribution in [0.3, 0.4) is 0 Å². The summed E-state index contributed by atoms with van der Waals surface area (Å²) < 4.78 is 0. The fourth-order valence-electron chi connectivity index (χ4n) is 2.57. The van der Waals surface area contributed by atoms with Gasteiger partial charge in [-0.25, -0.2) is 0 Å². The molecule has 2 heteroatoms. The number of hydrogen-bond acceptors (Lipinski definition) is 2. The number of aromatic nitrogens is 1. The Morgan fingerprint density at radius 2 is 2.06 bits per heavy atom. The molecule has 0 radical (unpaired) electrons. The third-order valence-electron chi connectivity index (χ3n) is 3.44. The number of pyridine rings is 1. The Bertz CT molecular complexity index is 531. The summed E-state index contributed by atoms with van der Waals surface area (Å²) in [4.78, 5) is 4.25. The summed E-state index contributed by atoms with van der Waals surface area (Å²) in [5.74, 6) is 0. The predicted octanol–water partition coefficient (Wildman–Crippen LogP) is 2.73. The summed E-state index contributed by atoms with van der Waals surface area (Å²) in [6.45, 7) is 0.00712. The predicted molar refractivity (Wildman–Crippen MR) is 67.6 cm³/mol. The lowest BCUT2D eigenvalue weighted by molar-refractivity contribution is 0.277. The molecule has 17 heavy (non-hydrogen) atoms. The highest BCUT2D eigenvalue weighted by molar-refractivity contribution is 5.68. The van der Waals surface area contributed by atoms with E-state index in [0.29, 0.717) is 0 Å². The number of benzene rings is 1. The molecule has 1 aromatic carbocycles. The van der Waals surface area contributed by atoms with Crippen molar-refractivity contribution in [2.75, 3.05) is 0 Å². The zero-order valence-electron chi connectivity index (χ0n) is 9.69. The number of fused-ring (bicyclic) bond motifs is 1. The molecule has 0 saturated heterocycles. The molecule has 0 bridgehead atoms. The Labute approximate surface area is 101 Å². The molecule has 2 nitrogen and oxygen atoms in total. The summed E-state index contributed by atoms with van der Waals surface area (Å²) in [7, 11) is 0. The van der Waals surface area contributed by atoms with Gasteiger partial charge in [0.05, 0.1) is 12.3 Å². The van der Waals surface area contributed by atoms with Crippen LogP contribution in [0.2, 0.25) is 0 Å². The Balaban J connectivity index is 2.06. The maximum absolute atomic E-state index is 8.99. The van der Waals surface area contributed by atoms with E-state index in [1.165, 1.54) is 36.0 Å². The SMILES string of the molecule is OCc1ccc(-c2cccc3c2CCC3)cn1. The zero-order chi connectivity index (χ0) is 11.7. The second-order valence-corrected chi connectivity index (χ2v) is 4.49. The molecule has 1 aliphatic rings. The quantitative estimate of drug-likeness (QED) is 0.852. The van der Waals surface area contributed by atoms with E-state index in [1.807, 2.05) is 18.3 Å². The molecule has 0 aliphatic heterocycles.